The minimum atomic E-state index is -0.453. The molecule has 2 aromatic rings. The molecule has 3 rings (SSSR count). The molecule has 0 atom stereocenters. The summed E-state index contributed by atoms with van der Waals surface area (Å²) < 4.78 is 0. The standard InChI is InChI=1S/C8H4N4O/c13-8-11-5-2-1-4-6(7(5)12-8)10-3-9-4/h1-3H,(H,9,10). The fourth-order valence-electron chi connectivity index (χ4n) is 1.41. The minimum absolute atomic E-state index is 0.453. The van der Waals surface area contributed by atoms with Crippen LogP contribution >= 0.6 is 0 Å². The van der Waals surface area contributed by atoms with E-state index >= 15 is 0 Å². The van der Waals surface area contributed by atoms with Crippen LogP contribution in [0.1, 0.15) is 0 Å². The second kappa shape index (κ2) is 2.01. The number of nitrogens with zero attached hydrogens (tertiary/aromatic N) is 3. The lowest BCUT2D eigenvalue weighted by Gasteiger charge is -1.84. The number of H-pyrrole nitrogens is 1. The molecule has 0 aliphatic carbocycles. The number of carbonyl (C=O) groups is 1. The molecule has 0 radical (unpaired) electrons. The molecule has 13 heavy (non-hydrogen) atoms. The highest BCUT2D eigenvalue weighted by molar-refractivity contribution is 5.82. The quantitative estimate of drug-likeness (QED) is 0.604. The van der Waals surface area contributed by atoms with Gasteiger partial charge in [0.2, 0.25) is 0 Å². The second-order valence-corrected chi connectivity index (χ2v) is 2.74. The van der Waals surface area contributed by atoms with Gasteiger partial charge in [-0.3, -0.25) is 0 Å². The van der Waals surface area contributed by atoms with E-state index in [2.05, 4.69) is 20.0 Å². The molecule has 1 aromatic heterocycles. The Morgan fingerprint density at radius 2 is 2.15 bits per heavy atom. The first-order valence-corrected chi connectivity index (χ1v) is 3.78. The molecule has 1 N–H and O–H groups in total. The van der Waals surface area contributed by atoms with Gasteiger partial charge in [-0.2, -0.15) is 9.98 Å². The van der Waals surface area contributed by atoms with Gasteiger partial charge >= 0.3 is 6.03 Å². The molecule has 2 amide bonds. The molecule has 1 aromatic carbocycles. The fourth-order valence-corrected chi connectivity index (χ4v) is 1.41. The van der Waals surface area contributed by atoms with E-state index in [0.29, 0.717) is 16.2 Å². The van der Waals surface area contributed by atoms with Crippen LogP contribution in [-0.4, -0.2) is 16.0 Å². The highest BCUT2D eigenvalue weighted by Crippen LogP contribution is 2.01. The summed E-state index contributed by atoms with van der Waals surface area (Å²) in [7, 11) is 0. The Kier molecular flexibility index (Phi) is 0.999. The number of hydrogen-bond acceptors (Lipinski definition) is 2. The Bertz CT molecular complexity index is 625. The molecule has 1 aliphatic rings. The van der Waals surface area contributed by atoms with Gasteiger partial charge < -0.3 is 4.98 Å². The zero-order chi connectivity index (χ0) is 8.84. The van der Waals surface area contributed by atoms with Crippen LogP contribution in [0.4, 0.5) is 4.79 Å². The summed E-state index contributed by atoms with van der Waals surface area (Å²) in [5.41, 5.74) is 1.57. The predicted molar refractivity (Wildman–Crippen MR) is 43.8 cm³/mol. The number of rotatable bonds is 0. The van der Waals surface area contributed by atoms with E-state index in [1.807, 2.05) is 6.07 Å². The summed E-state index contributed by atoms with van der Waals surface area (Å²) in [6, 6.07) is 3.13. The molecule has 0 saturated carbocycles. The fraction of sp³-hybridized carbons (Fsp3) is 0. The Hall–Kier alpha value is -2.04. The maximum Gasteiger partial charge on any atom is 0.368 e. The summed E-state index contributed by atoms with van der Waals surface area (Å²) in [6.07, 6.45) is 1.57. The number of aromatic nitrogens is 2. The van der Waals surface area contributed by atoms with Crippen molar-refractivity contribution in [3.05, 3.63) is 29.2 Å². The van der Waals surface area contributed by atoms with E-state index in [-0.39, 0.29) is 0 Å². The van der Waals surface area contributed by atoms with Crippen molar-refractivity contribution in [2.45, 2.75) is 0 Å². The largest absolute Gasteiger partial charge is 0.368 e. The van der Waals surface area contributed by atoms with Crippen LogP contribution in [0.5, 0.6) is 0 Å². The number of benzene rings is 1. The molecule has 0 unspecified atom stereocenters. The van der Waals surface area contributed by atoms with E-state index < -0.39 is 6.03 Å². The van der Waals surface area contributed by atoms with Crippen molar-refractivity contribution in [3.63, 3.8) is 0 Å². The second-order valence-electron chi connectivity index (χ2n) is 2.74. The molecule has 1 aliphatic heterocycles. The van der Waals surface area contributed by atoms with Crippen molar-refractivity contribution in [2.75, 3.05) is 0 Å². The van der Waals surface area contributed by atoms with Crippen LogP contribution in [0, 0.1) is 0 Å². The van der Waals surface area contributed by atoms with Crippen molar-refractivity contribution in [1.29, 1.82) is 0 Å². The summed E-state index contributed by atoms with van der Waals surface area (Å²) in [5.74, 6) is 0. The molecule has 2 heterocycles. The minimum Gasteiger partial charge on any atom is -0.345 e. The summed E-state index contributed by atoms with van der Waals surface area (Å²) in [6.45, 7) is 0. The average Bonchev–Trinajstić information content (AvgIpc) is 2.65. The molecule has 5 heteroatoms. The van der Waals surface area contributed by atoms with Gasteiger partial charge in [-0.05, 0) is 12.1 Å². The van der Waals surface area contributed by atoms with Crippen LogP contribution < -0.4 is 10.7 Å². The van der Waals surface area contributed by atoms with E-state index in [0.717, 1.165) is 5.52 Å². The van der Waals surface area contributed by atoms with Crippen molar-refractivity contribution < 1.29 is 4.79 Å². The predicted octanol–water partition coefficient (Wildman–Crippen LogP) is -0.0643. The Balaban J connectivity index is 2.69. The van der Waals surface area contributed by atoms with Crippen LogP contribution in [0.2, 0.25) is 0 Å². The smallest absolute Gasteiger partial charge is 0.345 e. The Morgan fingerprint density at radius 3 is 3.08 bits per heavy atom. The van der Waals surface area contributed by atoms with Crippen molar-refractivity contribution in [1.82, 2.24) is 9.97 Å². The van der Waals surface area contributed by atoms with Gasteiger partial charge in [0.15, 0.2) is 0 Å². The number of fused-ring (bicyclic) bond motifs is 3. The van der Waals surface area contributed by atoms with Crippen molar-refractivity contribution in [3.8, 4) is 0 Å². The lowest BCUT2D eigenvalue weighted by Crippen LogP contribution is -2.22. The number of urea groups is 1. The SMILES string of the molecule is O=C1N=c2ccc3[nH]cnc3c2=N1. The number of imidazole rings is 1. The molecular weight excluding hydrogens is 168 g/mol. The molecule has 62 valence electrons. The molecular formula is C8H4N4O. The monoisotopic (exact) mass is 172 g/mol. The van der Waals surface area contributed by atoms with Crippen molar-refractivity contribution >= 4 is 17.1 Å². The van der Waals surface area contributed by atoms with Crippen molar-refractivity contribution in [2.24, 2.45) is 9.98 Å². The summed E-state index contributed by atoms with van der Waals surface area (Å²) in [4.78, 5) is 25.4. The average molecular weight is 172 g/mol. The van der Waals surface area contributed by atoms with Gasteiger partial charge in [0.05, 0.1) is 17.2 Å². The zero-order valence-electron chi connectivity index (χ0n) is 6.48. The third kappa shape index (κ3) is 0.752. The normalized spacial score (nSPS) is 14.0. The van der Waals surface area contributed by atoms with E-state index in [4.69, 9.17) is 0 Å². The number of hydrogen-bond donors (Lipinski definition) is 1. The lowest BCUT2D eigenvalue weighted by molar-refractivity contribution is 0.257. The number of aromatic amines is 1. The number of nitrogens with one attached hydrogen (secondary N) is 1. The van der Waals surface area contributed by atoms with Gasteiger partial charge in [-0.25, -0.2) is 9.78 Å². The highest BCUT2D eigenvalue weighted by Gasteiger charge is 2.08. The lowest BCUT2D eigenvalue weighted by atomic mass is 10.3. The van der Waals surface area contributed by atoms with Crippen LogP contribution in [0.3, 0.4) is 0 Å². The maximum absolute atomic E-state index is 10.9. The van der Waals surface area contributed by atoms with Gasteiger partial charge in [-0.1, -0.05) is 0 Å². The molecule has 0 bridgehead atoms. The van der Waals surface area contributed by atoms with Gasteiger partial charge in [0.25, 0.3) is 0 Å². The van der Waals surface area contributed by atoms with Crippen LogP contribution in [0.15, 0.2) is 28.4 Å². The van der Waals surface area contributed by atoms with Crippen LogP contribution in [-0.2, 0) is 0 Å². The number of amides is 2. The molecule has 0 fully saturated rings. The van der Waals surface area contributed by atoms with E-state index in [9.17, 15) is 4.79 Å². The first-order valence-electron chi connectivity index (χ1n) is 3.78. The first kappa shape index (κ1) is 6.47. The molecule has 0 saturated heterocycles. The Labute approximate surface area is 71.9 Å². The molecule has 0 spiro atoms. The zero-order valence-corrected chi connectivity index (χ0v) is 6.48. The van der Waals surface area contributed by atoms with Crippen LogP contribution in [0.25, 0.3) is 11.0 Å². The Morgan fingerprint density at radius 1 is 1.23 bits per heavy atom. The number of carbonyl (C=O) groups excluding carboxylic acids is 1. The summed E-state index contributed by atoms with van der Waals surface area (Å²) >= 11 is 0. The highest BCUT2D eigenvalue weighted by atomic mass is 16.2. The summed E-state index contributed by atoms with van der Waals surface area (Å²) in [5, 5.41) is 1.17. The van der Waals surface area contributed by atoms with E-state index in [1.165, 1.54) is 0 Å². The third-order valence-electron chi connectivity index (χ3n) is 1.97. The molecule has 5 nitrogen and oxygen atoms in total. The first-order chi connectivity index (χ1) is 6.34. The van der Waals surface area contributed by atoms with Gasteiger partial charge in [0.1, 0.15) is 10.9 Å². The topological polar surface area (TPSA) is 70.5 Å². The third-order valence-corrected chi connectivity index (χ3v) is 1.97. The van der Waals surface area contributed by atoms with E-state index in [1.54, 1.807) is 12.4 Å². The van der Waals surface area contributed by atoms with Gasteiger partial charge in [-0.15, -0.1) is 0 Å². The maximum atomic E-state index is 10.9. The van der Waals surface area contributed by atoms with Gasteiger partial charge in [0, 0.05) is 0 Å².